The van der Waals surface area contributed by atoms with Gasteiger partial charge in [0, 0.05) is 6.61 Å². The molecule has 0 aliphatic carbocycles. The van der Waals surface area contributed by atoms with E-state index >= 15 is 0 Å². The van der Waals surface area contributed by atoms with Crippen LogP contribution in [0.3, 0.4) is 0 Å². The van der Waals surface area contributed by atoms with Gasteiger partial charge in [-0.25, -0.2) is 0 Å². The molecule has 0 atom stereocenters. The molecule has 0 bridgehead atoms. The largest absolute Gasteiger partial charge is 0.417 e. The van der Waals surface area contributed by atoms with Crippen LogP contribution in [0.2, 0.25) is 18.1 Å². The summed E-state index contributed by atoms with van der Waals surface area (Å²) >= 11 is 0. The predicted molar refractivity (Wildman–Crippen MR) is 147 cm³/mol. The number of hydrogen-bond donors (Lipinski definition) is 0. The highest BCUT2D eigenvalue weighted by Gasteiger charge is 2.37. The maximum absolute atomic E-state index is 6.52. The lowest BCUT2D eigenvalue weighted by Gasteiger charge is -2.41. The van der Waals surface area contributed by atoms with Gasteiger partial charge in [-0.1, -0.05) is 34.6 Å². The molecule has 0 fully saturated rings. The van der Waals surface area contributed by atoms with Crippen LogP contribution in [0.5, 0.6) is 0 Å². The van der Waals surface area contributed by atoms with Gasteiger partial charge in [0.25, 0.3) is 0 Å². The zero-order valence-electron chi connectivity index (χ0n) is 23.8. The van der Waals surface area contributed by atoms with E-state index in [4.69, 9.17) is 4.43 Å². The molecule has 0 aromatic carbocycles. The van der Waals surface area contributed by atoms with Crippen molar-refractivity contribution in [2.45, 2.75) is 105 Å². The van der Waals surface area contributed by atoms with Gasteiger partial charge in [-0.15, -0.1) is 0 Å². The Kier molecular flexibility index (Phi) is 18.4. The van der Waals surface area contributed by atoms with Gasteiger partial charge in [0.1, 0.15) is 0 Å². The lowest BCUT2D eigenvalue weighted by atomic mass is 9.75. The van der Waals surface area contributed by atoms with Gasteiger partial charge < -0.3 is 19.1 Å². The summed E-state index contributed by atoms with van der Waals surface area (Å²) in [5, 5.41) is 0. The minimum Gasteiger partial charge on any atom is -0.417 e. The standard InChI is InChI=1S/C27H61N3OSi/c1-10-20-28(7)23-16-27(17-24-29(8)21-11-2,18-25-30(9)22-12-3)19-26-32(14-5,15-6)31-13-4/h10-26H2,1-9H3. The van der Waals surface area contributed by atoms with Crippen molar-refractivity contribution in [3.8, 4) is 0 Å². The molecular formula is C27H61N3OSi. The Balaban J connectivity index is 5.66. The predicted octanol–water partition coefficient (Wildman–Crippen LogP) is 6.58. The molecule has 0 aliphatic rings. The molecule has 0 unspecified atom stereocenters. The fourth-order valence-electron chi connectivity index (χ4n) is 5.19. The minimum absolute atomic E-state index is 0.422. The third kappa shape index (κ3) is 13.1. The van der Waals surface area contributed by atoms with E-state index in [1.54, 1.807) is 0 Å². The summed E-state index contributed by atoms with van der Waals surface area (Å²) in [5.41, 5.74) is 0.422. The zero-order chi connectivity index (χ0) is 24.5. The fourth-order valence-corrected chi connectivity index (χ4v) is 8.55. The molecule has 0 rings (SSSR count). The molecule has 0 aliphatic heterocycles. The highest BCUT2D eigenvalue weighted by Crippen LogP contribution is 2.40. The number of nitrogens with zero attached hydrogens (tertiary/aromatic N) is 3. The molecule has 0 aromatic heterocycles. The maximum atomic E-state index is 6.52. The van der Waals surface area contributed by atoms with E-state index < -0.39 is 8.32 Å². The SMILES string of the molecule is CCCN(C)CCC(CCN(C)CCC)(CCN(C)CCC)CC[Si](CC)(CC)OCC. The van der Waals surface area contributed by atoms with Crippen LogP contribution in [0.15, 0.2) is 0 Å². The summed E-state index contributed by atoms with van der Waals surface area (Å²) in [6.07, 6.45) is 9.06. The second-order valence-electron chi connectivity index (χ2n) is 10.5. The highest BCUT2D eigenvalue weighted by molar-refractivity contribution is 6.73. The Hall–Kier alpha value is 0.0569. The molecule has 32 heavy (non-hydrogen) atoms. The Morgan fingerprint density at radius 2 is 0.938 bits per heavy atom. The third-order valence-electron chi connectivity index (χ3n) is 7.74. The zero-order valence-corrected chi connectivity index (χ0v) is 24.8. The van der Waals surface area contributed by atoms with E-state index in [1.807, 2.05) is 0 Å². The first kappa shape index (κ1) is 32.1. The maximum Gasteiger partial charge on any atom is 0.192 e. The molecule has 4 nitrogen and oxygen atoms in total. The normalized spacial score (nSPS) is 13.1. The van der Waals surface area contributed by atoms with E-state index in [-0.39, 0.29) is 0 Å². The summed E-state index contributed by atoms with van der Waals surface area (Å²) in [4.78, 5) is 7.69. The van der Waals surface area contributed by atoms with Crippen molar-refractivity contribution < 1.29 is 4.43 Å². The van der Waals surface area contributed by atoms with Gasteiger partial charge >= 0.3 is 0 Å². The van der Waals surface area contributed by atoms with E-state index in [2.05, 4.69) is 77.4 Å². The van der Waals surface area contributed by atoms with Crippen LogP contribution in [-0.2, 0) is 4.43 Å². The van der Waals surface area contributed by atoms with Crippen molar-refractivity contribution in [2.24, 2.45) is 5.41 Å². The van der Waals surface area contributed by atoms with E-state index in [9.17, 15) is 0 Å². The average molecular weight is 472 g/mol. The topological polar surface area (TPSA) is 19.0 Å². The molecule has 0 N–H and O–H groups in total. The number of rotatable bonds is 22. The molecule has 0 radical (unpaired) electrons. The molecular weight excluding hydrogens is 410 g/mol. The lowest BCUT2D eigenvalue weighted by molar-refractivity contribution is 0.131. The Morgan fingerprint density at radius 1 is 0.562 bits per heavy atom. The first-order valence-corrected chi connectivity index (χ1v) is 16.5. The van der Waals surface area contributed by atoms with Crippen LogP contribution < -0.4 is 0 Å². The van der Waals surface area contributed by atoms with Gasteiger partial charge in [0.05, 0.1) is 0 Å². The molecule has 0 amide bonds. The monoisotopic (exact) mass is 471 g/mol. The Morgan fingerprint density at radius 3 is 1.22 bits per heavy atom. The van der Waals surface area contributed by atoms with Crippen molar-refractivity contribution in [2.75, 3.05) is 67.0 Å². The molecule has 0 saturated carbocycles. The summed E-state index contributed by atoms with van der Waals surface area (Å²) < 4.78 is 6.52. The quantitative estimate of drug-likeness (QED) is 0.166. The van der Waals surface area contributed by atoms with E-state index in [0.717, 1.165) is 6.61 Å². The van der Waals surface area contributed by atoms with Gasteiger partial charge in [-0.3, -0.25) is 0 Å². The third-order valence-corrected chi connectivity index (χ3v) is 12.4. The van der Waals surface area contributed by atoms with Crippen LogP contribution >= 0.6 is 0 Å². The Bertz CT molecular complexity index is 390. The van der Waals surface area contributed by atoms with E-state index in [1.165, 1.54) is 102 Å². The van der Waals surface area contributed by atoms with Crippen molar-refractivity contribution in [3.05, 3.63) is 0 Å². The van der Waals surface area contributed by atoms with Crippen molar-refractivity contribution in [1.29, 1.82) is 0 Å². The van der Waals surface area contributed by atoms with Gasteiger partial charge in [-0.05, 0) is 136 Å². The molecule has 5 heteroatoms. The first-order valence-electron chi connectivity index (χ1n) is 13.9. The fraction of sp³-hybridized carbons (Fsp3) is 1.00. The van der Waals surface area contributed by atoms with Crippen LogP contribution in [-0.4, -0.2) is 90.0 Å². The summed E-state index contributed by atoms with van der Waals surface area (Å²) in [7, 11) is 5.34. The van der Waals surface area contributed by atoms with Gasteiger partial charge in [0.2, 0.25) is 0 Å². The molecule has 194 valence electrons. The minimum atomic E-state index is -1.61. The summed E-state index contributed by atoms with van der Waals surface area (Å²) in [6.45, 7) is 22.1. The molecule has 0 saturated heterocycles. The molecule has 0 heterocycles. The van der Waals surface area contributed by atoms with Crippen LogP contribution in [0.25, 0.3) is 0 Å². The smallest absolute Gasteiger partial charge is 0.192 e. The molecule has 0 aromatic rings. The van der Waals surface area contributed by atoms with E-state index in [0.29, 0.717) is 5.41 Å². The van der Waals surface area contributed by atoms with Crippen LogP contribution in [0, 0.1) is 5.41 Å². The van der Waals surface area contributed by atoms with Crippen LogP contribution in [0.4, 0.5) is 0 Å². The first-order chi connectivity index (χ1) is 15.3. The Labute approximate surface area is 204 Å². The summed E-state index contributed by atoms with van der Waals surface area (Å²) in [5.74, 6) is 0. The second kappa shape index (κ2) is 18.4. The van der Waals surface area contributed by atoms with Gasteiger partial charge in [-0.2, -0.15) is 0 Å². The van der Waals surface area contributed by atoms with Crippen molar-refractivity contribution >= 4 is 8.32 Å². The summed E-state index contributed by atoms with van der Waals surface area (Å²) in [6, 6.07) is 3.85. The van der Waals surface area contributed by atoms with Crippen molar-refractivity contribution in [3.63, 3.8) is 0 Å². The average Bonchev–Trinajstić information content (AvgIpc) is 2.78. The molecule has 0 spiro atoms. The second-order valence-corrected chi connectivity index (χ2v) is 15.1. The lowest BCUT2D eigenvalue weighted by Crippen LogP contribution is -2.41. The van der Waals surface area contributed by atoms with Gasteiger partial charge in [0.15, 0.2) is 8.32 Å². The van der Waals surface area contributed by atoms with Crippen molar-refractivity contribution in [1.82, 2.24) is 14.7 Å². The highest BCUT2D eigenvalue weighted by atomic mass is 28.4. The number of hydrogen-bond acceptors (Lipinski definition) is 4. The van der Waals surface area contributed by atoms with Crippen LogP contribution in [0.1, 0.15) is 86.5 Å².